The van der Waals surface area contributed by atoms with Crippen molar-refractivity contribution >= 4 is 11.8 Å². The topological polar surface area (TPSA) is 53.5 Å². The minimum absolute atomic E-state index is 0.333. The molecule has 0 N–H and O–H groups in total. The van der Waals surface area contributed by atoms with Gasteiger partial charge in [-0.15, -0.1) is 0 Å². The Kier molecular flexibility index (Phi) is 3.82. The van der Waals surface area contributed by atoms with Crippen molar-refractivity contribution in [2.75, 3.05) is 14.2 Å². The summed E-state index contributed by atoms with van der Waals surface area (Å²) in [5.74, 6) is 2.27. The second kappa shape index (κ2) is 6.28. The van der Waals surface area contributed by atoms with Gasteiger partial charge in [0.15, 0.2) is 0 Å². The normalized spacial score (nSPS) is 13.6. The summed E-state index contributed by atoms with van der Waals surface area (Å²) in [6.07, 6.45) is 3.69. The quantitative estimate of drug-likeness (QED) is 0.724. The molecule has 0 saturated carbocycles. The van der Waals surface area contributed by atoms with Gasteiger partial charge in [-0.3, -0.25) is 0 Å². The number of hydrogen-bond donors (Lipinski definition) is 0. The number of aromatic nitrogens is 2. The molecular weight excluding hydrogens is 316 g/mol. The molecule has 1 aliphatic heterocycles. The lowest BCUT2D eigenvalue weighted by atomic mass is 10.0. The van der Waals surface area contributed by atoms with E-state index in [4.69, 9.17) is 14.2 Å². The molecule has 124 valence electrons. The van der Waals surface area contributed by atoms with Gasteiger partial charge in [0.25, 0.3) is 0 Å². The number of methoxy groups -OCH3 is 2. The first-order chi connectivity index (χ1) is 12.3. The molecule has 3 aromatic rings. The second-order valence-electron chi connectivity index (χ2n) is 5.50. The molecule has 5 heteroatoms. The zero-order chi connectivity index (χ0) is 17.2. The van der Waals surface area contributed by atoms with Crippen molar-refractivity contribution in [3.05, 3.63) is 65.9 Å². The predicted molar refractivity (Wildman–Crippen MR) is 95.5 cm³/mol. The maximum Gasteiger partial charge on any atom is 0.316 e. The Balaban J connectivity index is 1.84. The number of ether oxygens (including phenoxy) is 3. The van der Waals surface area contributed by atoms with E-state index < -0.39 is 0 Å². The molecule has 2 heterocycles. The Bertz CT molecular complexity index is 949. The largest absolute Gasteiger partial charge is 0.497 e. The fourth-order valence-corrected chi connectivity index (χ4v) is 2.73. The fourth-order valence-electron chi connectivity index (χ4n) is 2.73. The first-order valence-electron chi connectivity index (χ1n) is 7.83. The van der Waals surface area contributed by atoms with E-state index in [0.717, 1.165) is 33.9 Å². The van der Waals surface area contributed by atoms with Crippen LogP contribution in [-0.2, 0) is 0 Å². The first kappa shape index (κ1) is 15.2. The summed E-state index contributed by atoms with van der Waals surface area (Å²) in [4.78, 5) is 8.75. The Morgan fingerprint density at radius 2 is 1.72 bits per heavy atom. The molecule has 0 spiro atoms. The van der Waals surface area contributed by atoms with Gasteiger partial charge in [-0.05, 0) is 35.9 Å². The van der Waals surface area contributed by atoms with Crippen LogP contribution in [0.5, 0.6) is 17.5 Å². The first-order valence-corrected chi connectivity index (χ1v) is 7.83. The molecule has 0 amide bonds. The highest BCUT2D eigenvalue weighted by molar-refractivity contribution is 5.90. The van der Waals surface area contributed by atoms with Crippen molar-refractivity contribution in [1.29, 1.82) is 0 Å². The number of hydrogen-bond acceptors (Lipinski definition) is 5. The van der Waals surface area contributed by atoms with E-state index in [2.05, 4.69) is 9.97 Å². The Labute approximate surface area is 145 Å². The molecule has 5 nitrogen and oxygen atoms in total. The Morgan fingerprint density at radius 1 is 0.920 bits per heavy atom. The highest BCUT2D eigenvalue weighted by Crippen LogP contribution is 2.41. The molecule has 1 aliphatic rings. The summed E-state index contributed by atoms with van der Waals surface area (Å²) >= 11 is 0. The van der Waals surface area contributed by atoms with E-state index in [1.165, 1.54) is 0 Å². The highest BCUT2D eigenvalue weighted by Gasteiger charge is 2.24. The highest BCUT2D eigenvalue weighted by atomic mass is 16.5. The van der Waals surface area contributed by atoms with Crippen LogP contribution in [0.25, 0.3) is 23.1 Å². The Hall–Kier alpha value is -3.34. The van der Waals surface area contributed by atoms with Crippen LogP contribution in [0.1, 0.15) is 11.1 Å². The average Bonchev–Trinajstić information content (AvgIpc) is 2.68. The van der Waals surface area contributed by atoms with Crippen LogP contribution in [0.4, 0.5) is 0 Å². The van der Waals surface area contributed by atoms with Crippen LogP contribution in [-0.4, -0.2) is 24.2 Å². The zero-order valence-electron chi connectivity index (χ0n) is 13.9. The van der Waals surface area contributed by atoms with Crippen LogP contribution in [0.2, 0.25) is 0 Å². The molecule has 1 aromatic heterocycles. The molecule has 4 rings (SSSR count). The lowest BCUT2D eigenvalue weighted by molar-refractivity contribution is 0.379. The molecule has 0 radical (unpaired) electrons. The third-order valence-electron chi connectivity index (χ3n) is 3.99. The number of fused-ring (bicyclic) bond motifs is 3. The van der Waals surface area contributed by atoms with Gasteiger partial charge in [0, 0.05) is 11.8 Å². The van der Waals surface area contributed by atoms with Gasteiger partial charge in [-0.25, -0.2) is 4.98 Å². The van der Waals surface area contributed by atoms with E-state index in [-0.39, 0.29) is 0 Å². The van der Waals surface area contributed by atoms with Crippen molar-refractivity contribution in [2.24, 2.45) is 0 Å². The van der Waals surface area contributed by atoms with Crippen LogP contribution >= 0.6 is 0 Å². The van der Waals surface area contributed by atoms with E-state index in [1.807, 2.05) is 54.6 Å². The number of benzene rings is 2. The summed E-state index contributed by atoms with van der Waals surface area (Å²) in [5, 5.41) is 0. The van der Waals surface area contributed by atoms with Crippen LogP contribution in [0.3, 0.4) is 0 Å². The molecule has 0 fully saturated rings. The van der Waals surface area contributed by atoms with Gasteiger partial charge < -0.3 is 14.2 Å². The van der Waals surface area contributed by atoms with Gasteiger partial charge in [-0.2, -0.15) is 4.98 Å². The summed E-state index contributed by atoms with van der Waals surface area (Å²) in [7, 11) is 3.21. The van der Waals surface area contributed by atoms with E-state index in [9.17, 15) is 0 Å². The van der Waals surface area contributed by atoms with E-state index in [1.54, 1.807) is 20.4 Å². The van der Waals surface area contributed by atoms with Gasteiger partial charge in [-0.1, -0.05) is 24.3 Å². The molecule has 0 aliphatic carbocycles. The van der Waals surface area contributed by atoms with Crippen molar-refractivity contribution in [3.63, 3.8) is 0 Å². The van der Waals surface area contributed by atoms with Crippen molar-refractivity contribution in [3.8, 4) is 28.8 Å². The third kappa shape index (κ3) is 2.80. The molecule has 0 unspecified atom stereocenters. The van der Waals surface area contributed by atoms with Crippen LogP contribution in [0.15, 0.2) is 54.7 Å². The fraction of sp³-hybridized carbons (Fsp3) is 0.100. The lowest BCUT2D eigenvalue weighted by Crippen LogP contribution is -2.08. The zero-order valence-corrected chi connectivity index (χ0v) is 13.9. The number of para-hydroxylation sites is 1. The van der Waals surface area contributed by atoms with E-state index in [0.29, 0.717) is 11.8 Å². The monoisotopic (exact) mass is 332 g/mol. The van der Waals surface area contributed by atoms with E-state index >= 15 is 0 Å². The second-order valence-corrected chi connectivity index (χ2v) is 5.50. The van der Waals surface area contributed by atoms with Crippen molar-refractivity contribution in [1.82, 2.24) is 9.97 Å². The maximum atomic E-state index is 6.10. The molecule has 0 bridgehead atoms. The van der Waals surface area contributed by atoms with Gasteiger partial charge in [0.1, 0.15) is 17.3 Å². The van der Waals surface area contributed by atoms with Gasteiger partial charge in [0.05, 0.1) is 25.5 Å². The molecule has 0 atom stereocenters. The van der Waals surface area contributed by atoms with Crippen molar-refractivity contribution < 1.29 is 14.2 Å². The van der Waals surface area contributed by atoms with Crippen LogP contribution in [0, 0.1) is 0 Å². The van der Waals surface area contributed by atoms with Gasteiger partial charge in [0.2, 0.25) is 0 Å². The minimum atomic E-state index is 0.333. The summed E-state index contributed by atoms with van der Waals surface area (Å²) in [6, 6.07) is 15.9. The number of rotatable bonds is 3. The molecule has 0 saturated heterocycles. The predicted octanol–water partition coefficient (Wildman–Crippen LogP) is 4.05. The SMILES string of the molecule is COc1ccc(/C=C2\Oc3ccccc3-c3nc(OC)ncc32)cc1. The van der Waals surface area contributed by atoms with Crippen LogP contribution < -0.4 is 14.2 Å². The minimum Gasteiger partial charge on any atom is -0.497 e. The summed E-state index contributed by atoms with van der Waals surface area (Å²) in [6.45, 7) is 0. The average molecular weight is 332 g/mol. The summed E-state index contributed by atoms with van der Waals surface area (Å²) < 4.78 is 16.5. The Morgan fingerprint density at radius 3 is 2.48 bits per heavy atom. The molecule has 2 aromatic carbocycles. The summed E-state index contributed by atoms with van der Waals surface area (Å²) in [5.41, 5.74) is 3.55. The maximum absolute atomic E-state index is 6.10. The van der Waals surface area contributed by atoms with Crippen molar-refractivity contribution in [2.45, 2.75) is 0 Å². The third-order valence-corrected chi connectivity index (χ3v) is 3.99. The smallest absolute Gasteiger partial charge is 0.316 e. The van der Waals surface area contributed by atoms with Gasteiger partial charge >= 0.3 is 6.01 Å². The molecular formula is C20H16N2O3. The lowest BCUT2D eigenvalue weighted by Gasteiger charge is -2.22. The standard InChI is InChI=1S/C20H16N2O3/c1-23-14-9-7-13(8-10-14)11-18-16-12-21-20(24-2)22-19(16)15-5-3-4-6-17(15)25-18/h3-12H,1-2H3/b18-11-. The number of nitrogens with zero attached hydrogens (tertiary/aromatic N) is 2. The molecule has 25 heavy (non-hydrogen) atoms.